The largest absolute Gasteiger partial charge is 0.322 e. The number of benzene rings is 2. The predicted molar refractivity (Wildman–Crippen MR) is 87.4 cm³/mol. The molecule has 1 aliphatic rings. The summed E-state index contributed by atoms with van der Waals surface area (Å²) in [5, 5.41) is 2.76. The first-order valence-corrected chi connectivity index (χ1v) is 7.59. The van der Waals surface area contributed by atoms with Crippen LogP contribution < -0.4 is 10.2 Å². The van der Waals surface area contributed by atoms with Gasteiger partial charge in [0.05, 0.1) is 10.6 Å². The first-order chi connectivity index (χ1) is 11.0. The van der Waals surface area contributed by atoms with Crippen LogP contribution in [0, 0.1) is 5.82 Å². The zero-order chi connectivity index (χ0) is 16.4. The van der Waals surface area contributed by atoms with Gasteiger partial charge in [0.25, 0.3) is 5.91 Å². The van der Waals surface area contributed by atoms with Crippen LogP contribution >= 0.6 is 11.6 Å². The van der Waals surface area contributed by atoms with E-state index in [4.69, 9.17) is 11.6 Å². The van der Waals surface area contributed by atoms with Gasteiger partial charge in [-0.15, -0.1) is 0 Å². The van der Waals surface area contributed by atoms with Gasteiger partial charge in [0.15, 0.2) is 0 Å². The Morgan fingerprint density at radius 1 is 1.17 bits per heavy atom. The van der Waals surface area contributed by atoms with Crippen molar-refractivity contribution in [2.24, 2.45) is 0 Å². The van der Waals surface area contributed by atoms with Gasteiger partial charge in [0, 0.05) is 24.3 Å². The minimum Gasteiger partial charge on any atom is -0.322 e. The maximum absolute atomic E-state index is 13.0. The van der Waals surface area contributed by atoms with Crippen LogP contribution in [0.25, 0.3) is 0 Å². The fraction of sp³-hybridized carbons (Fsp3) is 0.176. The molecule has 1 fully saturated rings. The van der Waals surface area contributed by atoms with Crippen LogP contribution in [0.4, 0.5) is 15.8 Å². The van der Waals surface area contributed by atoms with Crippen molar-refractivity contribution in [3.05, 3.63) is 58.9 Å². The summed E-state index contributed by atoms with van der Waals surface area (Å²) in [5.41, 5.74) is 1.59. The highest BCUT2D eigenvalue weighted by molar-refractivity contribution is 6.34. The maximum Gasteiger partial charge on any atom is 0.257 e. The maximum atomic E-state index is 13.0. The van der Waals surface area contributed by atoms with Crippen molar-refractivity contribution in [2.45, 2.75) is 12.8 Å². The van der Waals surface area contributed by atoms with Crippen molar-refractivity contribution in [1.82, 2.24) is 0 Å². The summed E-state index contributed by atoms with van der Waals surface area (Å²) in [6.07, 6.45) is 1.43. The summed E-state index contributed by atoms with van der Waals surface area (Å²) >= 11 is 5.87. The number of hydrogen-bond acceptors (Lipinski definition) is 2. The Hall–Kier alpha value is -2.40. The third-order valence-corrected chi connectivity index (χ3v) is 4.00. The summed E-state index contributed by atoms with van der Waals surface area (Å²) in [7, 11) is 0. The number of rotatable bonds is 3. The van der Waals surface area contributed by atoms with E-state index in [-0.39, 0.29) is 16.5 Å². The van der Waals surface area contributed by atoms with Gasteiger partial charge in [-0.1, -0.05) is 11.6 Å². The molecule has 0 radical (unpaired) electrons. The van der Waals surface area contributed by atoms with Gasteiger partial charge in [-0.2, -0.15) is 0 Å². The lowest BCUT2D eigenvalue weighted by molar-refractivity contribution is -0.117. The van der Waals surface area contributed by atoms with Crippen LogP contribution in [0.5, 0.6) is 0 Å². The molecule has 3 rings (SSSR count). The van der Waals surface area contributed by atoms with Gasteiger partial charge in [-0.3, -0.25) is 9.59 Å². The Kier molecular flexibility index (Phi) is 4.30. The molecule has 1 N–H and O–H groups in total. The molecular formula is C17H14ClFN2O2. The molecule has 0 unspecified atom stereocenters. The van der Waals surface area contributed by atoms with Crippen molar-refractivity contribution < 1.29 is 14.0 Å². The molecule has 0 aliphatic carbocycles. The summed E-state index contributed by atoms with van der Waals surface area (Å²) in [6, 6.07) is 10.6. The first-order valence-electron chi connectivity index (χ1n) is 7.21. The molecule has 1 saturated heterocycles. The van der Waals surface area contributed by atoms with Gasteiger partial charge < -0.3 is 10.2 Å². The van der Waals surface area contributed by atoms with Crippen LogP contribution in [-0.2, 0) is 4.79 Å². The van der Waals surface area contributed by atoms with E-state index < -0.39 is 11.7 Å². The third kappa shape index (κ3) is 3.35. The van der Waals surface area contributed by atoms with E-state index in [1.54, 1.807) is 29.2 Å². The van der Waals surface area contributed by atoms with E-state index in [9.17, 15) is 14.0 Å². The number of nitrogens with zero attached hydrogens (tertiary/aromatic N) is 1. The monoisotopic (exact) mass is 332 g/mol. The van der Waals surface area contributed by atoms with Crippen molar-refractivity contribution >= 4 is 34.8 Å². The Morgan fingerprint density at radius 2 is 1.91 bits per heavy atom. The molecule has 1 aliphatic heterocycles. The molecule has 0 atom stereocenters. The minimum atomic E-state index is -0.494. The predicted octanol–water partition coefficient (Wildman–Crippen LogP) is 3.86. The van der Waals surface area contributed by atoms with Crippen LogP contribution in [0.1, 0.15) is 23.2 Å². The lowest BCUT2D eigenvalue weighted by Crippen LogP contribution is -2.23. The third-order valence-electron chi connectivity index (χ3n) is 3.69. The Bertz CT molecular complexity index is 762. The average molecular weight is 333 g/mol. The van der Waals surface area contributed by atoms with Crippen molar-refractivity contribution in [3.8, 4) is 0 Å². The molecule has 0 saturated carbocycles. The van der Waals surface area contributed by atoms with E-state index in [1.165, 1.54) is 12.1 Å². The molecule has 6 heteroatoms. The van der Waals surface area contributed by atoms with Crippen LogP contribution in [0.3, 0.4) is 0 Å². The number of hydrogen-bond donors (Lipinski definition) is 1. The number of carbonyl (C=O) groups excluding carboxylic acids is 2. The molecule has 23 heavy (non-hydrogen) atoms. The zero-order valence-corrected chi connectivity index (χ0v) is 12.9. The van der Waals surface area contributed by atoms with Crippen molar-refractivity contribution in [3.63, 3.8) is 0 Å². The van der Waals surface area contributed by atoms with E-state index >= 15 is 0 Å². The second kappa shape index (κ2) is 6.38. The molecule has 0 aromatic heterocycles. The molecule has 2 amide bonds. The number of halogens is 2. The summed E-state index contributed by atoms with van der Waals surface area (Å²) in [5.74, 6) is -0.800. The van der Waals surface area contributed by atoms with E-state index in [1.807, 2.05) is 0 Å². The molecule has 2 aromatic rings. The summed E-state index contributed by atoms with van der Waals surface area (Å²) < 4.78 is 13.0. The highest BCUT2D eigenvalue weighted by Gasteiger charge is 2.21. The minimum absolute atomic E-state index is 0.0572. The fourth-order valence-corrected chi connectivity index (χ4v) is 2.77. The molecule has 1 heterocycles. The zero-order valence-electron chi connectivity index (χ0n) is 12.2. The lowest BCUT2D eigenvalue weighted by Gasteiger charge is -2.16. The molecule has 4 nitrogen and oxygen atoms in total. The smallest absolute Gasteiger partial charge is 0.257 e. The molecule has 2 aromatic carbocycles. The van der Waals surface area contributed by atoms with Crippen LogP contribution in [0.2, 0.25) is 5.02 Å². The average Bonchev–Trinajstić information content (AvgIpc) is 2.94. The van der Waals surface area contributed by atoms with Gasteiger partial charge >= 0.3 is 0 Å². The second-order valence-corrected chi connectivity index (χ2v) is 5.68. The Labute approximate surface area is 137 Å². The highest BCUT2D eigenvalue weighted by Crippen LogP contribution is 2.24. The van der Waals surface area contributed by atoms with Crippen LogP contribution in [0.15, 0.2) is 42.5 Å². The highest BCUT2D eigenvalue weighted by atomic mass is 35.5. The number of amides is 2. The Morgan fingerprint density at radius 3 is 2.52 bits per heavy atom. The molecule has 118 valence electrons. The summed E-state index contributed by atoms with van der Waals surface area (Å²) in [6.45, 7) is 0.718. The van der Waals surface area contributed by atoms with E-state index in [0.717, 1.165) is 24.7 Å². The summed E-state index contributed by atoms with van der Waals surface area (Å²) in [4.78, 5) is 25.6. The van der Waals surface area contributed by atoms with E-state index in [2.05, 4.69) is 5.32 Å². The topological polar surface area (TPSA) is 49.4 Å². The molecule has 0 bridgehead atoms. The van der Waals surface area contributed by atoms with Crippen molar-refractivity contribution in [1.29, 1.82) is 0 Å². The first kappa shape index (κ1) is 15.5. The van der Waals surface area contributed by atoms with Gasteiger partial charge in [0.1, 0.15) is 5.82 Å². The van der Waals surface area contributed by atoms with Gasteiger partial charge in [-0.25, -0.2) is 4.39 Å². The van der Waals surface area contributed by atoms with Crippen molar-refractivity contribution in [2.75, 3.05) is 16.8 Å². The Balaban J connectivity index is 1.73. The SMILES string of the molecule is O=C(Nc1ccc(N2CCCC2=O)cc1)c1ccc(F)cc1Cl. The normalized spacial score (nSPS) is 14.2. The standard InChI is InChI=1S/C17H14ClFN2O2/c18-15-10-11(19)3-8-14(15)17(23)20-12-4-6-13(7-5-12)21-9-1-2-16(21)22/h3-8,10H,1-2,9H2,(H,20,23). The van der Waals surface area contributed by atoms with E-state index in [0.29, 0.717) is 12.1 Å². The lowest BCUT2D eigenvalue weighted by atomic mass is 10.2. The van der Waals surface area contributed by atoms with Crippen LogP contribution in [-0.4, -0.2) is 18.4 Å². The number of nitrogens with one attached hydrogen (secondary N) is 1. The second-order valence-electron chi connectivity index (χ2n) is 5.27. The number of anilines is 2. The quantitative estimate of drug-likeness (QED) is 0.928. The van der Waals surface area contributed by atoms with Gasteiger partial charge in [-0.05, 0) is 48.9 Å². The van der Waals surface area contributed by atoms with Gasteiger partial charge in [0.2, 0.25) is 5.91 Å². The molecule has 0 spiro atoms. The number of carbonyl (C=O) groups is 2. The fourth-order valence-electron chi connectivity index (χ4n) is 2.52. The molecular weight excluding hydrogens is 319 g/mol.